The number of nitrogen functional groups attached to an aromatic ring is 1. The Morgan fingerprint density at radius 2 is 1.87 bits per heavy atom. The van der Waals surface area contributed by atoms with E-state index in [1.54, 1.807) is 36.4 Å². The predicted molar refractivity (Wildman–Crippen MR) is 79.6 cm³/mol. The van der Waals surface area contributed by atoms with Gasteiger partial charge in [-0.3, -0.25) is 15.0 Å². The smallest absolute Gasteiger partial charge is 0.343 e. The molecule has 0 heterocycles. The number of hydrazine groups is 1. The number of rotatable bonds is 4. The van der Waals surface area contributed by atoms with E-state index in [4.69, 9.17) is 10.6 Å². The SMILES string of the molecule is N#Cc1c(OC(=O)c2ccccc2)ccc(C=O)c1C(=O)NN. The zero-order chi connectivity index (χ0) is 16.8. The molecular formula is C16H11N3O4. The molecule has 7 nitrogen and oxygen atoms in total. The van der Waals surface area contributed by atoms with E-state index in [1.165, 1.54) is 12.1 Å². The normalized spacial score (nSPS) is 9.57. The van der Waals surface area contributed by atoms with Crippen molar-refractivity contribution in [2.75, 3.05) is 0 Å². The summed E-state index contributed by atoms with van der Waals surface area (Å²) >= 11 is 0. The molecule has 0 atom stereocenters. The Hall–Kier alpha value is -3.50. The first-order chi connectivity index (χ1) is 11.1. The highest BCUT2D eigenvalue weighted by Crippen LogP contribution is 2.25. The van der Waals surface area contributed by atoms with Gasteiger partial charge in [-0.05, 0) is 24.3 Å². The molecule has 7 heteroatoms. The summed E-state index contributed by atoms with van der Waals surface area (Å²) < 4.78 is 5.16. The van der Waals surface area contributed by atoms with E-state index >= 15 is 0 Å². The Kier molecular flexibility index (Phi) is 4.82. The zero-order valence-corrected chi connectivity index (χ0v) is 11.8. The summed E-state index contributed by atoms with van der Waals surface area (Å²) in [5, 5.41) is 9.27. The molecule has 0 radical (unpaired) electrons. The number of nitrogens with one attached hydrogen (secondary N) is 1. The van der Waals surface area contributed by atoms with Crippen LogP contribution in [0.25, 0.3) is 0 Å². The van der Waals surface area contributed by atoms with E-state index in [9.17, 15) is 19.6 Å². The number of benzene rings is 2. The highest BCUT2D eigenvalue weighted by atomic mass is 16.5. The molecular weight excluding hydrogens is 298 g/mol. The molecule has 0 aliphatic carbocycles. The quantitative estimate of drug-likeness (QED) is 0.218. The fourth-order valence-electron chi connectivity index (χ4n) is 1.94. The topological polar surface area (TPSA) is 122 Å². The molecule has 0 bridgehead atoms. The lowest BCUT2D eigenvalue weighted by molar-refractivity contribution is 0.0732. The maximum absolute atomic E-state index is 12.1. The minimum atomic E-state index is -0.832. The summed E-state index contributed by atoms with van der Waals surface area (Å²) in [7, 11) is 0. The molecule has 1 amide bonds. The van der Waals surface area contributed by atoms with Crippen LogP contribution in [0.15, 0.2) is 42.5 Å². The van der Waals surface area contributed by atoms with E-state index in [-0.39, 0.29) is 28.0 Å². The van der Waals surface area contributed by atoms with Crippen LogP contribution in [0.5, 0.6) is 5.75 Å². The van der Waals surface area contributed by atoms with Gasteiger partial charge in [-0.2, -0.15) is 5.26 Å². The number of ether oxygens (including phenoxy) is 1. The number of hydrogen-bond donors (Lipinski definition) is 2. The molecule has 2 aromatic carbocycles. The molecule has 2 rings (SSSR count). The monoisotopic (exact) mass is 309 g/mol. The largest absolute Gasteiger partial charge is 0.421 e. The summed E-state index contributed by atoms with van der Waals surface area (Å²) in [5.74, 6) is 3.40. The van der Waals surface area contributed by atoms with Crippen LogP contribution in [0.2, 0.25) is 0 Å². The molecule has 114 valence electrons. The molecule has 0 saturated heterocycles. The van der Waals surface area contributed by atoms with Gasteiger partial charge in [-0.1, -0.05) is 18.2 Å². The third kappa shape index (κ3) is 3.23. The molecule has 0 unspecified atom stereocenters. The van der Waals surface area contributed by atoms with Crippen molar-refractivity contribution in [2.24, 2.45) is 5.84 Å². The average Bonchev–Trinajstić information content (AvgIpc) is 2.61. The third-order valence-corrected chi connectivity index (χ3v) is 3.01. The first kappa shape index (κ1) is 15.9. The first-order valence-corrected chi connectivity index (χ1v) is 6.42. The lowest BCUT2D eigenvalue weighted by atomic mass is 10.0. The van der Waals surface area contributed by atoms with Crippen molar-refractivity contribution in [1.82, 2.24) is 5.43 Å². The second-order valence-corrected chi connectivity index (χ2v) is 4.36. The van der Waals surface area contributed by atoms with Crippen LogP contribution >= 0.6 is 0 Å². The average molecular weight is 309 g/mol. The van der Waals surface area contributed by atoms with Crippen molar-refractivity contribution in [3.05, 3.63) is 64.7 Å². The highest BCUT2D eigenvalue weighted by molar-refractivity contribution is 6.04. The second kappa shape index (κ2) is 6.98. The Morgan fingerprint density at radius 3 is 2.43 bits per heavy atom. The van der Waals surface area contributed by atoms with Gasteiger partial charge in [0.25, 0.3) is 5.91 Å². The number of amides is 1. The van der Waals surface area contributed by atoms with E-state index in [1.807, 2.05) is 5.43 Å². The molecule has 0 aliphatic heterocycles. The number of aldehydes is 1. The standard InChI is InChI=1S/C16H11N3O4/c17-8-12-13(23-16(22)10-4-2-1-3-5-10)7-6-11(9-20)14(12)15(21)19-18/h1-7,9H,18H2,(H,19,21). The van der Waals surface area contributed by atoms with Crippen LogP contribution in [0.1, 0.15) is 36.6 Å². The van der Waals surface area contributed by atoms with Crippen molar-refractivity contribution in [2.45, 2.75) is 0 Å². The van der Waals surface area contributed by atoms with Gasteiger partial charge in [0.2, 0.25) is 0 Å². The Labute approximate surface area is 131 Å². The number of nitriles is 1. The Balaban J connectivity index is 2.48. The van der Waals surface area contributed by atoms with Gasteiger partial charge in [0.15, 0.2) is 6.29 Å². The van der Waals surface area contributed by atoms with Gasteiger partial charge in [0, 0.05) is 5.56 Å². The summed E-state index contributed by atoms with van der Waals surface area (Å²) in [6, 6.07) is 12.4. The number of carbonyl (C=O) groups excluding carboxylic acids is 3. The molecule has 0 saturated carbocycles. The van der Waals surface area contributed by atoms with E-state index in [0.717, 1.165) is 0 Å². The van der Waals surface area contributed by atoms with Crippen molar-refractivity contribution < 1.29 is 19.1 Å². The number of nitrogens with two attached hydrogens (primary N) is 1. The second-order valence-electron chi connectivity index (χ2n) is 4.36. The summed E-state index contributed by atoms with van der Waals surface area (Å²) in [4.78, 5) is 34.9. The highest BCUT2D eigenvalue weighted by Gasteiger charge is 2.21. The van der Waals surface area contributed by atoms with Crippen LogP contribution in [-0.4, -0.2) is 18.2 Å². The number of carbonyl (C=O) groups is 3. The zero-order valence-electron chi connectivity index (χ0n) is 11.8. The number of nitrogens with zero attached hydrogens (tertiary/aromatic N) is 1. The molecule has 3 N–H and O–H groups in total. The fraction of sp³-hybridized carbons (Fsp3) is 0. The summed E-state index contributed by atoms with van der Waals surface area (Å²) in [6.07, 6.45) is 0.411. The molecule has 0 aliphatic rings. The van der Waals surface area contributed by atoms with Crippen LogP contribution in [0, 0.1) is 11.3 Å². The summed E-state index contributed by atoms with van der Waals surface area (Å²) in [5.41, 5.74) is 1.60. The number of hydrogen-bond acceptors (Lipinski definition) is 6. The van der Waals surface area contributed by atoms with Gasteiger partial charge in [0.05, 0.1) is 11.1 Å². The van der Waals surface area contributed by atoms with Crippen LogP contribution in [0.3, 0.4) is 0 Å². The van der Waals surface area contributed by atoms with Gasteiger partial charge in [-0.15, -0.1) is 0 Å². The minimum absolute atomic E-state index is 0.0380. The van der Waals surface area contributed by atoms with E-state index in [0.29, 0.717) is 6.29 Å². The van der Waals surface area contributed by atoms with Gasteiger partial charge >= 0.3 is 5.97 Å². The Morgan fingerprint density at radius 1 is 1.17 bits per heavy atom. The Bertz CT molecular complexity index is 810. The van der Waals surface area contributed by atoms with E-state index < -0.39 is 11.9 Å². The predicted octanol–water partition coefficient (Wildman–Crippen LogP) is 1.19. The van der Waals surface area contributed by atoms with Crippen LogP contribution in [0.4, 0.5) is 0 Å². The van der Waals surface area contributed by atoms with Crippen molar-refractivity contribution in [1.29, 1.82) is 5.26 Å². The molecule has 23 heavy (non-hydrogen) atoms. The number of esters is 1. The minimum Gasteiger partial charge on any atom is -0.421 e. The third-order valence-electron chi connectivity index (χ3n) is 3.01. The van der Waals surface area contributed by atoms with Crippen molar-refractivity contribution in [3.63, 3.8) is 0 Å². The first-order valence-electron chi connectivity index (χ1n) is 6.42. The fourth-order valence-corrected chi connectivity index (χ4v) is 1.94. The lowest BCUT2D eigenvalue weighted by Gasteiger charge is -2.11. The van der Waals surface area contributed by atoms with Crippen LogP contribution in [-0.2, 0) is 0 Å². The van der Waals surface area contributed by atoms with Gasteiger partial charge in [-0.25, -0.2) is 10.6 Å². The molecule has 0 fully saturated rings. The van der Waals surface area contributed by atoms with Crippen LogP contribution < -0.4 is 16.0 Å². The molecule has 0 spiro atoms. The van der Waals surface area contributed by atoms with Gasteiger partial charge in [0.1, 0.15) is 17.4 Å². The molecule has 0 aromatic heterocycles. The summed E-state index contributed by atoms with van der Waals surface area (Å²) in [6.45, 7) is 0. The maximum Gasteiger partial charge on any atom is 0.343 e. The maximum atomic E-state index is 12.1. The lowest BCUT2D eigenvalue weighted by Crippen LogP contribution is -2.31. The van der Waals surface area contributed by atoms with Crippen molar-refractivity contribution >= 4 is 18.2 Å². The van der Waals surface area contributed by atoms with Crippen molar-refractivity contribution in [3.8, 4) is 11.8 Å². The van der Waals surface area contributed by atoms with Gasteiger partial charge < -0.3 is 4.74 Å². The van der Waals surface area contributed by atoms with E-state index in [2.05, 4.69) is 0 Å². The molecule has 2 aromatic rings.